The van der Waals surface area contributed by atoms with Crippen LogP contribution >= 0.6 is 11.3 Å². The average Bonchev–Trinajstić information content (AvgIpc) is 3.70. The van der Waals surface area contributed by atoms with Crippen LogP contribution in [0.25, 0.3) is 0 Å². The Morgan fingerprint density at radius 3 is 2.33 bits per heavy atom. The van der Waals surface area contributed by atoms with Crippen molar-refractivity contribution in [3.05, 3.63) is 93.7 Å². The quantitative estimate of drug-likeness (QED) is 0.440. The SMILES string of the molecule is O=C(NCCN1CCN(Cc2ccccc2)CC1)[C@@H]1c2ccccc2C(=O)N(C2CCCC2)[C@@H]1c1cccs1. The Morgan fingerprint density at radius 2 is 1.59 bits per heavy atom. The van der Waals surface area contributed by atoms with Gasteiger partial charge in [-0.15, -0.1) is 11.3 Å². The maximum atomic E-state index is 14.0. The van der Waals surface area contributed by atoms with Gasteiger partial charge in [-0.05, 0) is 41.5 Å². The minimum atomic E-state index is -0.402. The molecule has 1 aromatic heterocycles. The lowest BCUT2D eigenvalue weighted by Crippen LogP contribution is -2.51. The average molecular weight is 543 g/mol. The number of hydrogen-bond acceptors (Lipinski definition) is 5. The van der Waals surface area contributed by atoms with Gasteiger partial charge in [0.1, 0.15) is 0 Å². The molecule has 0 radical (unpaired) electrons. The number of carbonyl (C=O) groups excluding carboxylic acids is 2. The van der Waals surface area contributed by atoms with Gasteiger partial charge in [0.25, 0.3) is 5.91 Å². The number of fused-ring (bicyclic) bond motifs is 1. The third-order valence-corrected chi connectivity index (χ3v) is 9.60. The van der Waals surface area contributed by atoms with E-state index in [9.17, 15) is 9.59 Å². The predicted octanol–water partition coefficient (Wildman–Crippen LogP) is 4.91. The molecule has 6 nitrogen and oxygen atoms in total. The smallest absolute Gasteiger partial charge is 0.254 e. The van der Waals surface area contributed by atoms with Crippen LogP contribution < -0.4 is 5.32 Å². The zero-order chi connectivity index (χ0) is 26.6. The lowest BCUT2D eigenvalue weighted by Gasteiger charge is -2.44. The first kappa shape index (κ1) is 26.2. The second kappa shape index (κ2) is 12.0. The highest BCUT2D eigenvalue weighted by atomic mass is 32.1. The zero-order valence-corrected chi connectivity index (χ0v) is 23.3. The molecule has 3 aliphatic rings. The number of nitrogens with one attached hydrogen (secondary N) is 1. The summed E-state index contributed by atoms with van der Waals surface area (Å²) >= 11 is 1.65. The van der Waals surface area contributed by atoms with Gasteiger partial charge in [0, 0.05) is 62.3 Å². The minimum Gasteiger partial charge on any atom is -0.354 e. The van der Waals surface area contributed by atoms with Crippen LogP contribution in [0.3, 0.4) is 0 Å². The fourth-order valence-electron chi connectivity index (χ4n) is 6.64. The Balaban J connectivity index is 1.13. The van der Waals surface area contributed by atoms with Crippen molar-refractivity contribution in [3.63, 3.8) is 0 Å². The normalized spacial score (nSPS) is 22.7. The molecule has 1 N–H and O–H groups in total. The molecule has 1 saturated carbocycles. The predicted molar refractivity (Wildman–Crippen MR) is 156 cm³/mol. The van der Waals surface area contributed by atoms with E-state index in [0.717, 1.165) is 75.4 Å². The summed E-state index contributed by atoms with van der Waals surface area (Å²) in [4.78, 5) is 35.9. The number of amides is 2. The highest BCUT2D eigenvalue weighted by Gasteiger charge is 2.47. The van der Waals surface area contributed by atoms with Crippen LogP contribution in [-0.4, -0.2) is 71.8 Å². The van der Waals surface area contributed by atoms with Crippen molar-refractivity contribution in [3.8, 4) is 0 Å². The molecule has 2 aromatic carbocycles. The number of carbonyl (C=O) groups is 2. The van der Waals surface area contributed by atoms with Gasteiger partial charge in [-0.25, -0.2) is 0 Å². The first-order valence-electron chi connectivity index (χ1n) is 14.4. The summed E-state index contributed by atoms with van der Waals surface area (Å²) in [7, 11) is 0. The molecule has 0 bridgehead atoms. The molecule has 2 atom stereocenters. The second-order valence-electron chi connectivity index (χ2n) is 11.1. The standard InChI is InChI=1S/C32H38N4O2S/c37-31(33-16-17-34-18-20-35(21-19-34)23-24-9-2-1-3-10-24)29-26-13-6-7-14-27(26)32(38)36(25-11-4-5-12-25)30(29)28-15-8-22-39-28/h1-3,6-10,13-15,22,25,29-30H,4-5,11-12,16-21,23H2,(H,33,37)/t29-,30-/m1/s1. The Hall–Kier alpha value is -3.00. The van der Waals surface area contributed by atoms with Crippen molar-refractivity contribution in [1.82, 2.24) is 20.0 Å². The van der Waals surface area contributed by atoms with Gasteiger partial charge in [-0.3, -0.25) is 19.4 Å². The van der Waals surface area contributed by atoms with Gasteiger partial charge in [0.15, 0.2) is 0 Å². The summed E-state index contributed by atoms with van der Waals surface area (Å²) in [5, 5.41) is 5.34. The van der Waals surface area contributed by atoms with Gasteiger partial charge >= 0.3 is 0 Å². The summed E-state index contributed by atoms with van der Waals surface area (Å²) in [5.74, 6) is -0.298. The lowest BCUT2D eigenvalue weighted by atomic mass is 9.80. The molecule has 7 heteroatoms. The summed E-state index contributed by atoms with van der Waals surface area (Å²) in [5.41, 5.74) is 2.91. The third kappa shape index (κ3) is 5.67. The highest BCUT2D eigenvalue weighted by Crippen LogP contribution is 2.47. The van der Waals surface area contributed by atoms with Crippen LogP contribution in [0.15, 0.2) is 72.1 Å². The largest absolute Gasteiger partial charge is 0.354 e. The Kier molecular flexibility index (Phi) is 8.09. The van der Waals surface area contributed by atoms with E-state index in [4.69, 9.17) is 0 Å². The van der Waals surface area contributed by atoms with E-state index in [1.165, 1.54) is 5.56 Å². The third-order valence-electron chi connectivity index (χ3n) is 8.65. The zero-order valence-electron chi connectivity index (χ0n) is 22.5. The van der Waals surface area contributed by atoms with Gasteiger partial charge in [-0.2, -0.15) is 0 Å². The van der Waals surface area contributed by atoms with E-state index in [1.54, 1.807) is 11.3 Å². The summed E-state index contributed by atoms with van der Waals surface area (Å²) in [6, 6.07) is 22.5. The molecule has 0 spiro atoms. The molecule has 1 saturated heterocycles. The molecule has 1 aliphatic carbocycles. The highest BCUT2D eigenvalue weighted by molar-refractivity contribution is 7.10. The molecule has 2 amide bonds. The molecule has 2 aliphatic heterocycles. The van der Waals surface area contributed by atoms with Gasteiger partial charge in [-0.1, -0.05) is 67.4 Å². The molecular weight excluding hydrogens is 504 g/mol. The monoisotopic (exact) mass is 542 g/mol. The topological polar surface area (TPSA) is 55.9 Å². The van der Waals surface area contributed by atoms with Crippen LogP contribution in [0.2, 0.25) is 0 Å². The van der Waals surface area contributed by atoms with Crippen LogP contribution in [0.4, 0.5) is 0 Å². The first-order chi connectivity index (χ1) is 19.2. The Labute approximate surface area is 235 Å². The summed E-state index contributed by atoms with van der Waals surface area (Å²) in [6.07, 6.45) is 4.31. The fraction of sp³-hybridized carbons (Fsp3) is 0.438. The van der Waals surface area contributed by atoms with E-state index in [1.807, 2.05) is 30.3 Å². The van der Waals surface area contributed by atoms with Gasteiger partial charge < -0.3 is 10.2 Å². The first-order valence-corrected chi connectivity index (χ1v) is 15.3. The molecule has 2 fully saturated rings. The molecule has 204 valence electrons. The maximum Gasteiger partial charge on any atom is 0.254 e. The van der Waals surface area contributed by atoms with Crippen molar-refractivity contribution in [1.29, 1.82) is 0 Å². The van der Waals surface area contributed by atoms with Crippen LogP contribution in [0.5, 0.6) is 0 Å². The summed E-state index contributed by atoms with van der Waals surface area (Å²) in [6.45, 7) is 6.55. The van der Waals surface area contributed by atoms with Crippen molar-refractivity contribution >= 4 is 23.2 Å². The molecule has 3 aromatic rings. The molecular formula is C32H38N4O2S. The minimum absolute atomic E-state index is 0.0269. The number of hydrogen-bond donors (Lipinski definition) is 1. The van der Waals surface area contributed by atoms with Gasteiger partial charge in [0.2, 0.25) is 5.91 Å². The van der Waals surface area contributed by atoms with Crippen LogP contribution in [0, 0.1) is 0 Å². The second-order valence-corrected chi connectivity index (χ2v) is 12.0. The van der Waals surface area contributed by atoms with Crippen LogP contribution in [0.1, 0.15) is 64.0 Å². The summed E-state index contributed by atoms with van der Waals surface area (Å²) < 4.78 is 0. The molecule has 6 rings (SSSR count). The number of benzene rings is 2. The lowest BCUT2D eigenvalue weighted by molar-refractivity contribution is -0.124. The van der Waals surface area contributed by atoms with Crippen molar-refractivity contribution in [2.75, 3.05) is 39.3 Å². The molecule has 0 unspecified atom stereocenters. The Morgan fingerprint density at radius 1 is 0.872 bits per heavy atom. The number of rotatable bonds is 8. The van der Waals surface area contributed by atoms with E-state index < -0.39 is 5.92 Å². The van der Waals surface area contributed by atoms with Crippen LogP contribution in [-0.2, 0) is 11.3 Å². The van der Waals surface area contributed by atoms with Crippen molar-refractivity contribution in [2.45, 2.75) is 50.2 Å². The number of thiophene rings is 1. The molecule has 3 heterocycles. The fourth-order valence-corrected chi connectivity index (χ4v) is 7.50. The van der Waals surface area contributed by atoms with Crippen molar-refractivity contribution in [2.24, 2.45) is 0 Å². The maximum absolute atomic E-state index is 14.0. The number of piperazine rings is 1. The van der Waals surface area contributed by atoms with E-state index in [0.29, 0.717) is 12.1 Å². The van der Waals surface area contributed by atoms with E-state index in [2.05, 4.69) is 61.8 Å². The van der Waals surface area contributed by atoms with Gasteiger partial charge in [0.05, 0.1) is 12.0 Å². The number of nitrogens with zero attached hydrogens (tertiary/aromatic N) is 3. The Bertz CT molecular complexity index is 1250. The van der Waals surface area contributed by atoms with E-state index in [-0.39, 0.29) is 23.9 Å². The van der Waals surface area contributed by atoms with Crippen molar-refractivity contribution < 1.29 is 9.59 Å². The van der Waals surface area contributed by atoms with E-state index >= 15 is 0 Å². The molecule has 39 heavy (non-hydrogen) atoms.